The highest BCUT2D eigenvalue weighted by Crippen LogP contribution is 2.15. The molecule has 0 saturated carbocycles. The fourth-order valence-electron chi connectivity index (χ4n) is 2.51. The molecule has 3 heteroatoms. The van der Waals surface area contributed by atoms with Gasteiger partial charge in [-0.3, -0.25) is 4.79 Å². The average molecular weight is 270 g/mol. The van der Waals surface area contributed by atoms with Crippen molar-refractivity contribution in [2.75, 3.05) is 6.54 Å². The fourth-order valence-corrected chi connectivity index (χ4v) is 2.51. The van der Waals surface area contributed by atoms with E-state index in [1.54, 1.807) is 0 Å². The molecule has 0 aromatic rings. The van der Waals surface area contributed by atoms with Crippen molar-refractivity contribution in [3.63, 3.8) is 0 Å². The predicted molar refractivity (Wildman–Crippen MR) is 82.8 cm³/mol. The number of primary amides is 1. The Morgan fingerprint density at radius 1 is 0.842 bits per heavy atom. The Kier molecular flexibility index (Phi) is 13.4. The number of nitrogens with two attached hydrogens (primary N) is 2. The molecule has 0 aliphatic heterocycles. The summed E-state index contributed by atoms with van der Waals surface area (Å²) in [6.07, 6.45) is 14.9. The van der Waals surface area contributed by atoms with Crippen molar-refractivity contribution in [2.45, 2.75) is 84.0 Å². The van der Waals surface area contributed by atoms with E-state index in [0.29, 0.717) is 6.54 Å². The minimum absolute atomic E-state index is 0.000885. The summed E-state index contributed by atoms with van der Waals surface area (Å²) in [4.78, 5) is 11.1. The molecule has 0 radical (unpaired) electrons. The second kappa shape index (κ2) is 13.9. The Hall–Kier alpha value is -0.570. The third-order valence-electron chi connectivity index (χ3n) is 3.82. The number of hydrogen-bond acceptors (Lipinski definition) is 2. The third-order valence-corrected chi connectivity index (χ3v) is 3.82. The molecule has 0 aliphatic carbocycles. The molecule has 0 saturated heterocycles. The molecule has 0 heterocycles. The van der Waals surface area contributed by atoms with Crippen LogP contribution in [0, 0.1) is 5.92 Å². The van der Waals surface area contributed by atoms with Crippen LogP contribution in [0.4, 0.5) is 0 Å². The van der Waals surface area contributed by atoms with Crippen LogP contribution in [-0.2, 0) is 4.79 Å². The van der Waals surface area contributed by atoms with Gasteiger partial charge in [0.05, 0.1) is 0 Å². The molecular formula is C16H34N2O. The van der Waals surface area contributed by atoms with Crippen molar-refractivity contribution in [2.24, 2.45) is 17.4 Å². The average Bonchev–Trinajstić information content (AvgIpc) is 2.39. The molecule has 0 aromatic heterocycles. The molecule has 1 unspecified atom stereocenters. The molecule has 3 nitrogen and oxygen atoms in total. The smallest absolute Gasteiger partial charge is 0.220 e. The van der Waals surface area contributed by atoms with E-state index in [1.807, 2.05) is 0 Å². The minimum atomic E-state index is -0.179. The summed E-state index contributed by atoms with van der Waals surface area (Å²) in [5.41, 5.74) is 10.8. The molecule has 4 N–H and O–H groups in total. The first-order chi connectivity index (χ1) is 9.22. The first-order valence-electron chi connectivity index (χ1n) is 8.21. The zero-order chi connectivity index (χ0) is 14.3. The molecule has 0 rings (SSSR count). The number of hydrogen-bond donors (Lipinski definition) is 2. The SMILES string of the molecule is CCCCCCCCCCCCC(CCN)C(N)=O. The van der Waals surface area contributed by atoms with Crippen LogP contribution in [0.5, 0.6) is 0 Å². The van der Waals surface area contributed by atoms with Crippen molar-refractivity contribution in [3.05, 3.63) is 0 Å². The van der Waals surface area contributed by atoms with Gasteiger partial charge in [-0.05, 0) is 19.4 Å². The summed E-state index contributed by atoms with van der Waals surface area (Å²) in [5.74, 6) is -0.180. The van der Waals surface area contributed by atoms with Gasteiger partial charge in [0, 0.05) is 5.92 Å². The fraction of sp³-hybridized carbons (Fsp3) is 0.938. The summed E-state index contributed by atoms with van der Waals surface area (Å²) < 4.78 is 0. The van der Waals surface area contributed by atoms with Crippen molar-refractivity contribution < 1.29 is 4.79 Å². The molecule has 0 aliphatic rings. The highest BCUT2D eigenvalue weighted by Gasteiger charge is 2.13. The van der Waals surface area contributed by atoms with Crippen LogP contribution in [-0.4, -0.2) is 12.5 Å². The summed E-state index contributed by atoms with van der Waals surface area (Å²) in [6, 6.07) is 0. The van der Waals surface area contributed by atoms with Gasteiger partial charge in [0.2, 0.25) is 5.91 Å². The van der Waals surface area contributed by atoms with Crippen LogP contribution in [0.15, 0.2) is 0 Å². The maximum absolute atomic E-state index is 11.1. The summed E-state index contributed by atoms with van der Waals surface area (Å²) in [7, 11) is 0. The topological polar surface area (TPSA) is 69.1 Å². The van der Waals surface area contributed by atoms with Crippen LogP contribution in [0.3, 0.4) is 0 Å². The normalized spacial score (nSPS) is 12.5. The lowest BCUT2D eigenvalue weighted by Crippen LogP contribution is -2.25. The summed E-state index contributed by atoms with van der Waals surface area (Å²) in [5, 5.41) is 0. The summed E-state index contributed by atoms with van der Waals surface area (Å²) in [6.45, 7) is 2.81. The highest BCUT2D eigenvalue weighted by molar-refractivity contribution is 5.76. The number of rotatable bonds is 14. The van der Waals surface area contributed by atoms with E-state index in [2.05, 4.69) is 6.92 Å². The molecule has 0 spiro atoms. The molecule has 19 heavy (non-hydrogen) atoms. The number of carbonyl (C=O) groups is 1. The van der Waals surface area contributed by atoms with E-state index >= 15 is 0 Å². The van der Waals surface area contributed by atoms with Gasteiger partial charge in [0.25, 0.3) is 0 Å². The van der Waals surface area contributed by atoms with Gasteiger partial charge in [-0.1, -0.05) is 71.1 Å². The van der Waals surface area contributed by atoms with Gasteiger partial charge in [-0.2, -0.15) is 0 Å². The van der Waals surface area contributed by atoms with Gasteiger partial charge in [0.1, 0.15) is 0 Å². The first-order valence-corrected chi connectivity index (χ1v) is 8.21. The van der Waals surface area contributed by atoms with Crippen LogP contribution >= 0.6 is 0 Å². The maximum atomic E-state index is 11.1. The third kappa shape index (κ3) is 12.2. The lowest BCUT2D eigenvalue weighted by atomic mass is 9.96. The Bertz CT molecular complexity index is 207. The molecule has 1 atom stereocenters. The monoisotopic (exact) mass is 270 g/mol. The van der Waals surface area contributed by atoms with Crippen LogP contribution in [0.1, 0.15) is 84.0 Å². The van der Waals surface area contributed by atoms with E-state index in [1.165, 1.54) is 57.8 Å². The molecule has 114 valence electrons. The van der Waals surface area contributed by atoms with Crippen LogP contribution in [0.25, 0.3) is 0 Å². The van der Waals surface area contributed by atoms with Gasteiger partial charge in [0.15, 0.2) is 0 Å². The zero-order valence-corrected chi connectivity index (χ0v) is 12.8. The van der Waals surface area contributed by atoms with Crippen molar-refractivity contribution >= 4 is 5.91 Å². The zero-order valence-electron chi connectivity index (χ0n) is 12.8. The predicted octanol–water partition coefficient (Wildman–Crippen LogP) is 3.75. The van der Waals surface area contributed by atoms with E-state index in [-0.39, 0.29) is 11.8 Å². The molecule has 1 amide bonds. The van der Waals surface area contributed by atoms with E-state index in [0.717, 1.165) is 19.3 Å². The Labute approximate surface area is 119 Å². The minimum Gasteiger partial charge on any atom is -0.369 e. The van der Waals surface area contributed by atoms with Crippen molar-refractivity contribution in [3.8, 4) is 0 Å². The van der Waals surface area contributed by atoms with E-state index in [9.17, 15) is 4.79 Å². The van der Waals surface area contributed by atoms with Gasteiger partial charge in [-0.15, -0.1) is 0 Å². The second-order valence-corrected chi connectivity index (χ2v) is 5.65. The molecule has 0 aromatic carbocycles. The first kappa shape index (κ1) is 18.4. The number of unbranched alkanes of at least 4 members (excludes halogenated alkanes) is 9. The largest absolute Gasteiger partial charge is 0.369 e. The lowest BCUT2D eigenvalue weighted by molar-refractivity contribution is -0.122. The lowest BCUT2D eigenvalue weighted by Gasteiger charge is -2.11. The van der Waals surface area contributed by atoms with E-state index in [4.69, 9.17) is 11.5 Å². The quantitative estimate of drug-likeness (QED) is 0.472. The standard InChI is InChI=1S/C16H34N2O/c1-2-3-4-5-6-7-8-9-10-11-12-15(13-14-17)16(18)19/h15H,2-14,17H2,1H3,(H2,18,19). The number of amides is 1. The summed E-state index contributed by atoms with van der Waals surface area (Å²) >= 11 is 0. The molecular weight excluding hydrogens is 236 g/mol. The van der Waals surface area contributed by atoms with Crippen molar-refractivity contribution in [1.82, 2.24) is 0 Å². The highest BCUT2D eigenvalue weighted by atomic mass is 16.1. The van der Waals surface area contributed by atoms with Gasteiger partial charge < -0.3 is 11.5 Å². The van der Waals surface area contributed by atoms with Gasteiger partial charge >= 0.3 is 0 Å². The number of carbonyl (C=O) groups excluding carboxylic acids is 1. The maximum Gasteiger partial charge on any atom is 0.220 e. The Balaban J connectivity index is 3.27. The van der Waals surface area contributed by atoms with Crippen LogP contribution in [0.2, 0.25) is 0 Å². The Morgan fingerprint density at radius 2 is 1.32 bits per heavy atom. The molecule has 0 bridgehead atoms. The Morgan fingerprint density at radius 3 is 1.74 bits per heavy atom. The molecule has 0 fully saturated rings. The van der Waals surface area contributed by atoms with Gasteiger partial charge in [-0.25, -0.2) is 0 Å². The van der Waals surface area contributed by atoms with Crippen molar-refractivity contribution in [1.29, 1.82) is 0 Å². The second-order valence-electron chi connectivity index (χ2n) is 5.65. The van der Waals surface area contributed by atoms with E-state index < -0.39 is 0 Å². The van der Waals surface area contributed by atoms with Crippen LogP contribution < -0.4 is 11.5 Å².